The van der Waals surface area contributed by atoms with Crippen LogP contribution >= 0.6 is 0 Å². The molecule has 0 unspecified atom stereocenters. The fourth-order valence-corrected chi connectivity index (χ4v) is 1.38. The van der Waals surface area contributed by atoms with Crippen molar-refractivity contribution >= 4 is 6.03 Å². The summed E-state index contributed by atoms with van der Waals surface area (Å²) in [7, 11) is 1.62. The number of ether oxygens (including phenoxy) is 1. The Morgan fingerprint density at radius 2 is 2.11 bits per heavy atom. The third-order valence-electron chi connectivity index (χ3n) is 2.38. The molecule has 19 heavy (non-hydrogen) atoms. The van der Waals surface area contributed by atoms with Crippen LogP contribution in [0.25, 0.3) is 0 Å². The highest BCUT2D eigenvalue weighted by Gasteiger charge is 2.04. The van der Waals surface area contributed by atoms with E-state index in [0.717, 1.165) is 11.3 Å². The van der Waals surface area contributed by atoms with Gasteiger partial charge in [0.25, 0.3) is 0 Å². The zero-order valence-electron chi connectivity index (χ0n) is 12.0. The van der Waals surface area contributed by atoms with E-state index in [1.54, 1.807) is 13.3 Å². The van der Waals surface area contributed by atoms with Crippen LogP contribution in [0.15, 0.2) is 36.5 Å². The van der Waals surface area contributed by atoms with E-state index in [0.29, 0.717) is 6.54 Å². The number of rotatable bonds is 4. The molecule has 0 saturated carbocycles. The minimum absolute atomic E-state index is 0.0556. The molecule has 0 saturated heterocycles. The predicted octanol–water partition coefficient (Wildman–Crippen LogP) is 3.05. The van der Waals surface area contributed by atoms with Gasteiger partial charge in [-0.3, -0.25) is 0 Å². The molecule has 0 bridgehead atoms. The van der Waals surface area contributed by atoms with Gasteiger partial charge in [-0.15, -0.1) is 0 Å². The summed E-state index contributed by atoms with van der Waals surface area (Å²) < 4.78 is 5.12. The van der Waals surface area contributed by atoms with Crippen molar-refractivity contribution in [3.63, 3.8) is 0 Å². The van der Waals surface area contributed by atoms with Crippen molar-refractivity contribution in [3.8, 4) is 5.75 Å². The highest BCUT2D eigenvalue weighted by Crippen LogP contribution is 2.13. The number of nitrogens with one attached hydrogen (secondary N) is 2. The molecule has 0 aliphatic carbocycles. The van der Waals surface area contributed by atoms with Crippen LogP contribution in [-0.4, -0.2) is 13.1 Å². The lowest BCUT2D eigenvalue weighted by molar-refractivity contribution is 0.243. The average Bonchev–Trinajstić information content (AvgIpc) is 2.35. The SMILES string of the molecule is COc1cccc(CNC(=O)N/C=C/C(C)(C)C)c1. The van der Waals surface area contributed by atoms with E-state index in [4.69, 9.17) is 4.74 Å². The minimum atomic E-state index is -0.219. The Balaban J connectivity index is 2.39. The molecule has 1 rings (SSSR count). The van der Waals surface area contributed by atoms with Crippen molar-refractivity contribution in [1.82, 2.24) is 10.6 Å². The molecule has 0 heterocycles. The molecule has 1 aromatic carbocycles. The summed E-state index contributed by atoms with van der Waals surface area (Å²) >= 11 is 0. The Labute approximate surface area is 114 Å². The molecular formula is C15H22N2O2. The zero-order valence-corrected chi connectivity index (χ0v) is 12.0. The maximum atomic E-state index is 11.6. The second kappa shape index (κ2) is 6.83. The van der Waals surface area contributed by atoms with Crippen molar-refractivity contribution < 1.29 is 9.53 Å². The van der Waals surface area contributed by atoms with Crippen LogP contribution in [0.3, 0.4) is 0 Å². The van der Waals surface area contributed by atoms with Crippen molar-refractivity contribution in [2.45, 2.75) is 27.3 Å². The zero-order chi connectivity index (χ0) is 14.3. The Morgan fingerprint density at radius 3 is 2.74 bits per heavy atom. The number of carbonyl (C=O) groups is 1. The smallest absolute Gasteiger partial charge is 0.319 e. The molecule has 2 N–H and O–H groups in total. The number of methoxy groups -OCH3 is 1. The van der Waals surface area contributed by atoms with Gasteiger partial charge < -0.3 is 15.4 Å². The van der Waals surface area contributed by atoms with Gasteiger partial charge in [0, 0.05) is 12.7 Å². The van der Waals surface area contributed by atoms with Crippen molar-refractivity contribution in [3.05, 3.63) is 42.1 Å². The highest BCUT2D eigenvalue weighted by molar-refractivity contribution is 5.74. The topological polar surface area (TPSA) is 50.4 Å². The van der Waals surface area contributed by atoms with E-state index in [1.165, 1.54) is 0 Å². The fraction of sp³-hybridized carbons (Fsp3) is 0.400. The molecule has 104 valence electrons. The summed E-state index contributed by atoms with van der Waals surface area (Å²) in [6.07, 6.45) is 3.61. The van der Waals surface area contributed by atoms with Crippen LogP contribution < -0.4 is 15.4 Å². The van der Waals surface area contributed by atoms with Gasteiger partial charge in [0.2, 0.25) is 0 Å². The van der Waals surface area contributed by atoms with E-state index in [2.05, 4.69) is 31.4 Å². The van der Waals surface area contributed by atoms with Gasteiger partial charge in [-0.25, -0.2) is 4.79 Å². The van der Waals surface area contributed by atoms with Gasteiger partial charge in [0.1, 0.15) is 5.75 Å². The lowest BCUT2D eigenvalue weighted by atomic mass is 9.97. The Morgan fingerprint density at radius 1 is 1.37 bits per heavy atom. The van der Waals surface area contributed by atoms with Gasteiger partial charge in [-0.2, -0.15) is 0 Å². The number of carbonyl (C=O) groups excluding carboxylic acids is 1. The fourth-order valence-electron chi connectivity index (χ4n) is 1.38. The van der Waals surface area contributed by atoms with Crippen LogP contribution in [0.2, 0.25) is 0 Å². The Hall–Kier alpha value is -1.97. The number of hydrogen-bond donors (Lipinski definition) is 2. The molecular weight excluding hydrogens is 240 g/mol. The third kappa shape index (κ3) is 6.50. The van der Waals surface area contributed by atoms with Crippen LogP contribution in [-0.2, 0) is 6.54 Å². The second-order valence-corrected chi connectivity index (χ2v) is 5.38. The largest absolute Gasteiger partial charge is 0.497 e. The van der Waals surface area contributed by atoms with Crippen molar-refractivity contribution in [2.24, 2.45) is 5.41 Å². The van der Waals surface area contributed by atoms with E-state index in [-0.39, 0.29) is 11.4 Å². The molecule has 1 aromatic rings. The molecule has 0 aliphatic heterocycles. The number of hydrogen-bond acceptors (Lipinski definition) is 2. The highest BCUT2D eigenvalue weighted by atomic mass is 16.5. The summed E-state index contributed by atoms with van der Waals surface area (Å²) in [5, 5.41) is 5.46. The van der Waals surface area contributed by atoms with E-state index in [9.17, 15) is 4.79 Å². The third-order valence-corrected chi connectivity index (χ3v) is 2.38. The van der Waals surface area contributed by atoms with Crippen LogP contribution in [0.1, 0.15) is 26.3 Å². The maximum absolute atomic E-state index is 11.6. The molecule has 0 radical (unpaired) electrons. The predicted molar refractivity (Wildman–Crippen MR) is 77.0 cm³/mol. The normalized spacial score (nSPS) is 11.4. The summed E-state index contributed by atoms with van der Waals surface area (Å²) in [6, 6.07) is 7.38. The first-order chi connectivity index (χ1) is 8.90. The van der Waals surface area contributed by atoms with Gasteiger partial charge in [0.15, 0.2) is 0 Å². The monoisotopic (exact) mass is 262 g/mol. The molecule has 0 aliphatic rings. The number of amides is 2. The van der Waals surface area contributed by atoms with Gasteiger partial charge in [-0.1, -0.05) is 39.0 Å². The standard InChI is InChI=1S/C15H22N2O2/c1-15(2,3)8-9-16-14(18)17-11-12-6-5-7-13(10-12)19-4/h5-10H,11H2,1-4H3,(H2,16,17,18)/b9-8+. The first kappa shape index (κ1) is 15.1. The van der Waals surface area contributed by atoms with Gasteiger partial charge in [0.05, 0.1) is 7.11 Å². The molecule has 0 atom stereocenters. The molecule has 4 heteroatoms. The summed E-state index contributed by atoms with van der Waals surface area (Å²) in [4.78, 5) is 11.6. The number of benzene rings is 1. The quantitative estimate of drug-likeness (QED) is 0.876. The number of allylic oxidation sites excluding steroid dienone is 1. The van der Waals surface area contributed by atoms with Crippen LogP contribution in [0.4, 0.5) is 4.79 Å². The molecule has 0 spiro atoms. The van der Waals surface area contributed by atoms with Crippen molar-refractivity contribution in [1.29, 1.82) is 0 Å². The summed E-state index contributed by atoms with van der Waals surface area (Å²) in [5.74, 6) is 0.785. The van der Waals surface area contributed by atoms with Gasteiger partial charge in [-0.05, 0) is 23.1 Å². The Bertz CT molecular complexity index is 448. The van der Waals surface area contributed by atoms with E-state index in [1.807, 2.05) is 30.3 Å². The number of urea groups is 1. The maximum Gasteiger partial charge on any atom is 0.319 e. The van der Waals surface area contributed by atoms with Crippen molar-refractivity contribution in [2.75, 3.05) is 7.11 Å². The molecule has 0 aromatic heterocycles. The lowest BCUT2D eigenvalue weighted by Crippen LogP contribution is -2.31. The van der Waals surface area contributed by atoms with E-state index < -0.39 is 0 Å². The first-order valence-corrected chi connectivity index (χ1v) is 6.26. The molecule has 2 amide bonds. The molecule has 4 nitrogen and oxygen atoms in total. The summed E-state index contributed by atoms with van der Waals surface area (Å²) in [5.41, 5.74) is 1.05. The molecule has 0 fully saturated rings. The lowest BCUT2D eigenvalue weighted by Gasteiger charge is -2.11. The first-order valence-electron chi connectivity index (χ1n) is 6.26. The second-order valence-electron chi connectivity index (χ2n) is 5.38. The Kier molecular flexibility index (Phi) is 5.42. The van der Waals surface area contributed by atoms with Gasteiger partial charge >= 0.3 is 6.03 Å². The van der Waals surface area contributed by atoms with Crippen LogP contribution in [0, 0.1) is 5.41 Å². The summed E-state index contributed by atoms with van der Waals surface area (Å²) in [6.45, 7) is 6.67. The van der Waals surface area contributed by atoms with E-state index >= 15 is 0 Å². The van der Waals surface area contributed by atoms with Crippen LogP contribution in [0.5, 0.6) is 5.75 Å². The minimum Gasteiger partial charge on any atom is -0.497 e. The average molecular weight is 262 g/mol.